The summed E-state index contributed by atoms with van der Waals surface area (Å²) in [5, 5.41) is 7.42. The Morgan fingerprint density at radius 1 is 0.788 bits per heavy atom. The Balaban J connectivity index is 1.87. The molecule has 0 aromatic heterocycles. The van der Waals surface area contributed by atoms with Crippen LogP contribution in [-0.2, 0) is 9.53 Å². The minimum atomic E-state index is -1.80. The standard InChI is InChI=1S/C29H37NO2P/c1-3-32-29(31)25(22-23-30-2)15-13-14-24-33(26-16-7-4-8-17-26,27-18-9-5-10-19-27)28-20-11-6-12-21-28/h4-12,16-21,25,30H,3,13-15,22-24H2,1-2H3/q+1. The summed E-state index contributed by atoms with van der Waals surface area (Å²) in [6.07, 6.45) is 4.88. The zero-order valence-electron chi connectivity index (χ0n) is 20.0. The van der Waals surface area contributed by atoms with Crippen molar-refractivity contribution in [1.82, 2.24) is 5.32 Å². The molecule has 0 aliphatic heterocycles. The topological polar surface area (TPSA) is 38.3 Å². The number of ether oxygens (including phenoxy) is 1. The number of esters is 1. The largest absolute Gasteiger partial charge is 0.466 e. The van der Waals surface area contributed by atoms with Crippen molar-refractivity contribution in [2.45, 2.75) is 32.6 Å². The van der Waals surface area contributed by atoms with Crippen LogP contribution in [0.4, 0.5) is 0 Å². The van der Waals surface area contributed by atoms with E-state index in [1.807, 2.05) is 14.0 Å². The van der Waals surface area contributed by atoms with Crippen LogP contribution >= 0.6 is 7.26 Å². The summed E-state index contributed by atoms with van der Waals surface area (Å²) in [4.78, 5) is 12.5. The van der Waals surface area contributed by atoms with Gasteiger partial charge in [-0.25, -0.2) is 0 Å². The van der Waals surface area contributed by atoms with Gasteiger partial charge in [0.25, 0.3) is 0 Å². The molecule has 4 heteroatoms. The molecule has 0 heterocycles. The van der Waals surface area contributed by atoms with Gasteiger partial charge in [-0.15, -0.1) is 0 Å². The van der Waals surface area contributed by atoms with Crippen molar-refractivity contribution in [3.05, 3.63) is 91.0 Å². The van der Waals surface area contributed by atoms with Crippen LogP contribution in [0.5, 0.6) is 0 Å². The highest BCUT2D eigenvalue weighted by atomic mass is 31.2. The minimum Gasteiger partial charge on any atom is -0.466 e. The number of benzene rings is 3. The van der Waals surface area contributed by atoms with Gasteiger partial charge >= 0.3 is 5.97 Å². The molecule has 174 valence electrons. The second kappa shape index (κ2) is 13.3. The predicted octanol–water partition coefficient (Wildman–Crippen LogP) is 4.94. The van der Waals surface area contributed by atoms with Gasteiger partial charge < -0.3 is 10.1 Å². The summed E-state index contributed by atoms with van der Waals surface area (Å²) in [7, 11) is 0.132. The van der Waals surface area contributed by atoms with Crippen LogP contribution in [0.1, 0.15) is 32.6 Å². The van der Waals surface area contributed by atoms with Crippen molar-refractivity contribution in [3.63, 3.8) is 0 Å². The molecule has 0 saturated carbocycles. The number of hydrogen-bond acceptors (Lipinski definition) is 3. The first-order valence-electron chi connectivity index (χ1n) is 12.1. The third kappa shape index (κ3) is 6.53. The molecule has 0 aliphatic carbocycles. The van der Waals surface area contributed by atoms with Crippen molar-refractivity contribution in [3.8, 4) is 0 Å². The second-order valence-corrected chi connectivity index (χ2v) is 12.0. The number of rotatable bonds is 13. The molecule has 1 atom stereocenters. The fourth-order valence-corrected chi connectivity index (χ4v) is 8.99. The van der Waals surface area contributed by atoms with Crippen LogP contribution in [0.15, 0.2) is 91.0 Å². The highest BCUT2D eigenvalue weighted by Gasteiger charge is 2.44. The van der Waals surface area contributed by atoms with E-state index in [0.717, 1.165) is 38.4 Å². The van der Waals surface area contributed by atoms with Gasteiger partial charge in [0, 0.05) is 0 Å². The Kier molecular flexibility index (Phi) is 10.1. The van der Waals surface area contributed by atoms with Gasteiger partial charge in [0.1, 0.15) is 23.2 Å². The molecule has 0 bridgehead atoms. The average molecular weight is 463 g/mol. The molecule has 0 radical (unpaired) electrons. The molecule has 0 saturated heterocycles. The van der Waals surface area contributed by atoms with Crippen molar-refractivity contribution < 1.29 is 9.53 Å². The van der Waals surface area contributed by atoms with E-state index in [9.17, 15) is 4.79 Å². The van der Waals surface area contributed by atoms with Crippen LogP contribution in [0.2, 0.25) is 0 Å². The Morgan fingerprint density at radius 3 is 1.70 bits per heavy atom. The van der Waals surface area contributed by atoms with Gasteiger partial charge in [-0.1, -0.05) is 54.6 Å². The highest BCUT2D eigenvalue weighted by Crippen LogP contribution is 2.56. The number of hydrogen-bond donors (Lipinski definition) is 1. The molecule has 1 unspecified atom stereocenters. The van der Waals surface area contributed by atoms with Crippen LogP contribution < -0.4 is 21.2 Å². The average Bonchev–Trinajstić information content (AvgIpc) is 2.88. The van der Waals surface area contributed by atoms with E-state index in [1.165, 1.54) is 15.9 Å². The lowest BCUT2D eigenvalue weighted by molar-refractivity contribution is -0.148. The first-order chi connectivity index (χ1) is 16.2. The number of carbonyl (C=O) groups is 1. The van der Waals surface area contributed by atoms with Gasteiger partial charge in [-0.3, -0.25) is 4.79 Å². The van der Waals surface area contributed by atoms with Crippen molar-refractivity contribution in [2.24, 2.45) is 5.92 Å². The van der Waals surface area contributed by atoms with Crippen LogP contribution in [0.25, 0.3) is 0 Å². The summed E-state index contributed by atoms with van der Waals surface area (Å²) in [6.45, 7) is 3.16. The van der Waals surface area contributed by atoms with Crippen LogP contribution in [-0.4, -0.2) is 32.3 Å². The smallest absolute Gasteiger partial charge is 0.308 e. The van der Waals surface area contributed by atoms with Gasteiger partial charge in [-0.2, -0.15) is 0 Å². The SMILES string of the molecule is CCOC(=O)C(CCCC[P+](c1ccccc1)(c1ccccc1)c1ccccc1)CCNC. The van der Waals surface area contributed by atoms with Crippen LogP contribution in [0, 0.1) is 5.92 Å². The van der Waals surface area contributed by atoms with E-state index in [4.69, 9.17) is 4.74 Å². The summed E-state index contributed by atoms with van der Waals surface area (Å²) in [6, 6.07) is 33.0. The molecule has 3 nitrogen and oxygen atoms in total. The van der Waals surface area contributed by atoms with Crippen molar-refractivity contribution in [2.75, 3.05) is 26.4 Å². The third-order valence-corrected chi connectivity index (χ3v) is 10.8. The Bertz CT molecular complexity index is 850. The number of unbranched alkanes of at least 4 members (excludes halogenated alkanes) is 1. The third-order valence-electron chi connectivity index (χ3n) is 6.25. The number of nitrogens with one attached hydrogen (secondary N) is 1. The lowest BCUT2D eigenvalue weighted by atomic mass is 9.98. The molecule has 0 amide bonds. The summed E-state index contributed by atoms with van der Waals surface area (Å²) < 4.78 is 5.35. The molecule has 0 spiro atoms. The maximum absolute atomic E-state index is 12.5. The van der Waals surface area contributed by atoms with E-state index < -0.39 is 7.26 Å². The van der Waals surface area contributed by atoms with Gasteiger partial charge in [0.2, 0.25) is 0 Å². The fourth-order valence-electron chi connectivity index (χ4n) is 4.58. The highest BCUT2D eigenvalue weighted by molar-refractivity contribution is 7.95. The normalized spacial score (nSPS) is 12.3. The zero-order valence-corrected chi connectivity index (χ0v) is 20.8. The summed E-state index contributed by atoms with van der Waals surface area (Å²) in [5.41, 5.74) is 0. The maximum Gasteiger partial charge on any atom is 0.308 e. The second-order valence-electron chi connectivity index (χ2n) is 8.38. The van der Waals surface area contributed by atoms with Crippen LogP contribution in [0.3, 0.4) is 0 Å². The molecular formula is C29H37NO2P+. The molecule has 1 N–H and O–H groups in total. The van der Waals surface area contributed by atoms with E-state index in [2.05, 4.69) is 96.3 Å². The van der Waals surface area contributed by atoms with Crippen molar-refractivity contribution >= 4 is 29.1 Å². The Labute approximate surface area is 199 Å². The molecule has 33 heavy (non-hydrogen) atoms. The lowest BCUT2D eigenvalue weighted by Crippen LogP contribution is -2.33. The quantitative estimate of drug-likeness (QED) is 0.222. The molecular weight excluding hydrogens is 425 g/mol. The van der Waals surface area contributed by atoms with E-state index in [1.54, 1.807) is 0 Å². The summed E-state index contributed by atoms with van der Waals surface area (Å²) in [5.74, 6) is -0.0849. The Morgan fingerprint density at radius 2 is 1.27 bits per heavy atom. The Hall–Kier alpha value is -2.48. The monoisotopic (exact) mass is 462 g/mol. The molecule has 0 aliphatic rings. The van der Waals surface area contributed by atoms with Crippen molar-refractivity contribution in [1.29, 1.82) is 0 Å². The molecule has 3 rings (SSSR count). The minimum absolute atomic E-state index is 0.0321. The zero-order chi connectivity index (χ0) is 23.4. The molecule has 3 aromatic carbocycles. The predicted molar refractivity (Wildman–Crippen MR) is 143 cm³/mol. The molecule has 0 fully saturated rings. The molecule has 3 aromatic rings. The number of carbonyl (C=O) groups excluding carboxylic acids is 1. The first-order valence-corrected chi connectivity index (χ1v) is 14.1. The maximum atomic E-state index is 12.5. The van der Waals surface area contributed by atoms with E-state index in [-0.39, 0.29) is 11.9 Å². The lowest BCUT2D eigenvalue weighted by Gasteiger charge is -2.28. The fraction of sp³-hybridized carbons (Fsp3) is 0.345. The van der Waals surface area contributed by atoms with E-state index in [0.29, 0.717) is 6.61 Å². The van der Waals surface area contributed by atoms with Gasteiger partial charge in [-0.05, 0) is 82.6 Å². The van der Waals surface area contributed by atoms with Gasteiger partial charge in [0.15, 0.2) is 0 Å². The first kappa shape index (κ1) is 25.1. The van der Waals surface area contributed by atoms with E-state index >= 15 is 0 Å². The summed E-state index contributed by atoms with van der Waals surface area (Å²) >= 11 is 0. The van der Waals surface area contributed by atoms with Gasteiger partial charge in [0.05, 0.1) is 18.7 Å².